The molecule has 2 aromatic carbocycles. The fourth-order valence-electron chi connectivity index (χ4n) is 5.65. The Kier molecular flexibility index (Phi) is 3.65. The monoisotopic (exact) mass is 362 g/mol. The summed E-state index contributed by atoms with van der Waals surface area (Å²) in [6.07, 6.45) is 5.33. The maximum Gasteiger partial charge on any atom is 0.146 e. The zero-order valence-electron chi connectivity index (χ0n) is 16.0. The number of hydrogen-bond acceptors (Lipinski definition) is 3. The molecule has 3 saturated carbocycles. The molecule has 3 fully saturated rings. The second-order valence-electron chi connectivity index (χ2n) is 8.55. The maximum atomic E-state index is 13.7. The molecule has 0 aliphatic heterocycles. The summed E-state index contributed by atoms with van der Waals surface area (Å²) in [6, 6.07) is 16.6. The van der Waals surface area contributed by atoms with E-state index in [1.165, 1.54) is 17.5 Å². The lowest BCUT2D eigenvalue weighted by Gasteiger charge is -2.30. The first-order valence-corrected chi connectivity index (χ1v) is 9.96. The number of methoxy groups -OCH3 is 2. The van der Waals surface area contributed by atoms with E-state index in [4.69, 9.17) is 9.47 Å². The molecule has 0 heterocycles. The SMILES string of the molecule is COc1ccc([C@H]2C[C@]23CCC[C@@]2(C[C@H]2c2ccc(OC)cc2)C3=O)cc1. The van der Waals surface area contributed by atoms with Crippen LogP contribution in [0.5, 0.6) is 11.5 Å². The summed E-state index contributed by atoms with van der Waals surface area (Å²) in [5.74, 6) is 3.08. The normalized spacial score (nSPS) is 33.9. The predicted octanol–water partition coefficient (Wildman–Crippen LogP) is 5.10. The highest BCUT2D eigenvalue weighted by Gasteiger charge is 2.72. The van der Waals surface area contributed by atoms with Gasteiger partial charge in [-0.3, -0.25) is 4.79 Å². The largest absolute Gasteiger partial charge is 0.497 e. The predicted molar refractivity (Wildman–Crippen MR) is 104 cm³/mol. The highest BCUT2D eigenvalue weighted by atomic mass is 16.5. The molecular weight excluding hydrogens is 336 g/mol. The molecular formula is C24H26O3. The van der Waals surface area contributed by atoms with Crippen molar-refractivity contribution >= 4 is 5.78 Å². The van der Waals surface area contributed by atoms with E-state index in [2.05, 4.69) is 24.3 Å². The summed E-state index contributed by atoms with van der Waals surface area (Å²) in [7, 11) is 3.38. The van der Waals surface area contributed by atoms with E-state index in [1.54, 1.807) is 14.2 Å². The van der Waals surface area contributed by atoms with Gasteiger partial charge in [-0.05, 0) is 72.9 Å². The molecule has 3 aliphatic rings. The van der Waals surface area contributed by atoms with E-state index in [0.717, 1.165) is 37.2 Å². The molecule has 3 nitrogen and oxygen atoms in total. The zero-order chi connectivity index (χ0) is 18.6. The average Bonchev–Trinajstić information content (AvgIpc) is 3.62. The van der Waals surface area contributed by atoms with E-state index in [1.807, 2.05) is 24.3 Å². The smallest absolute Gasteiger partial charge is 0.146 e. The zero-order valence-corrected chi connectivity index (χ0v) is 16.0. The van der Waals surface area contributed by atoms with Gasteiger partial charge in [0.15, 0.2) is 0 Å². The molecule has 0 radical (unpaired) electrons. The number of benzene rings is 2. The first kappa shape index (κ1) is 16.9. The standard InChI is InChI=1S/C24H26O3/c1-26-18-8-4-16(5-9-18)20-14-23(20)12-3-13-24(22(23)25)15-21(24)17-6-10-19(27-2)11-7-17/h4-11,20-21H,3,12-15H2,1-2H3/t20-,21+,23-,24+. The van der Waals surface area contributed by atoms with Crippen molar-refractivity contribution in [2.75, 3.05) is 14.2 Å². The van der Waals surface area contributed by atoms with Crippen molar-refractivity contribution in [1.82, 2.24) is 0 Å². The molecule has 27 heavy (non-hydrogen) atoms. The van der Waals surface area contributed by atoms with Gasteiger partial charge in [0.2, 0.25) is 0 Å². The Labute approximate surface area is 160 Å². The van der Waals surface area contributed by atoms with Crippen molar-refractivity contribution in [3.05, 3.63) is 59.7 Å². The summed E-state index contributed by atoms with van der Waals surface area (Å²) >= 11 is 0. The molecule has 0 bridgehead atoms. The molecule has 5 rings (SSSR count). The van der Waals surface area contributed by atoms with E-state index in [0.29, 0.717) is 17.6 Å². The topological polar surface area (TPSA) is 35.5 Å². The maximum absolute atomic E-state index is 13.7. The minimum Gasteiger partial charge on any atom is -0.497 e. The van der Waals surface area contributed by atoms with Crippen LogP contribution in [0.1, 0.15) is 55.1 Å². The van der Waals surface area contributed by atoms with Crippen LogP contribution >= 0.6 is 0 Å². The van der Waals surface area contributed by atoms with Crippen molar-refractivity contribution in [1.29, 1.82) is 0 Å². The minimum absolute atomic E-state index is 0.103. The van der Waals surface area contributed by atoms with Crippen LogP contribution in [0.4, 0.5) is 0 Å². The van der Waals surface area contributed by atoms with Gasteiger partial charge in [0.1, 0.15) is 17.3 Å². The third-order valence-corrected chi connectivity index (χ3v) is 7.34. The molecule has 2 aromatic rings. The fraction of sp³-hybridized carbons (Fsp3) is 0.458. The summed E-state index contributed by atoms with van der Waals surface area (Å²) in [6.45, 7) is 0. The van der Waals surface area contributed by atoms with Crippen LogP contribution in [0.2, 0.25) is 0 Å². The van der Waals surface area contributed by atoms with Crippen LogP contribution in [0.15, 0.2) is 48.5 Å². The first-order chi connectivity index (χ1) is 13.1. The van der Waals surface area contributed by atoms with Crippen molar-refractivity contribution < 1.29 is 14.3 Å². The number of rotatable bonds is 4. The summed E-state index contributed by atoms with van der Waals surface area (Å²) < 4.78 is 10.5. The Hall–Kier alpha value is -2.29. The van der Waals surface area contributed by atoms with Gasteiger partial charge in [0.05, 0.1) is 14.2 Å². The third kappa shape index (κ3) is 2.44. The molecule has 0 saturated heterocycles. The van der Waals surface area contributed by atoms with Gasteiger partial charge < -0.3 is 9.47 Å². The Morgan fingerprint density at radius 2 is 1.15 bits per heavy atom. The lowest BCUT2D eigenvalue weighted by atomic mass is 9.72. The quantitative estimate of drug-likeness (QED) is 0.759. The lowest BCUT2D eigenvalue weighted by molar-refractivity contribution is -0.132. The molecule has 0 N–H and O–H groups in total. The van der Waals surface area contributed by atoms with E-state index in [-0.39, 0.29) is 10.8 Å². The Morgan fingerprint density at radius 3 is 1.52 bits per heavy atom. The summed E-state index contributed by atoms with van der Waals surface area (Å²) in [4.78, 5) is 13.7. The molecule has 0 amide bonds. The number of ketones is 1. The van der Waals surface area contributed by atoms with Gasteiger partial charge in [0.25, 0.3) is 0 Å². The highest BCUT2D eigenvalue weighted by Crippen LogP contribution is 2.75. The number of carbonyl (C=O) groups excluding carboxylic acids is 1. The third-order valence-electron chi connectivity index (χ3n) is 7.34. The molecule has 0 aromatic heterocycles. The van der Waals surface area contributed by atoms with Crippen molar-refractivity contribution in [3.63, 3.8) is 0 Å². The van der Waals surface area contributed by atoms with E-state index >= 15 is 0 Å². The van der Waals surface area contributed by atoms with Crippen molar-refractivity contribution in [2.24, 2.45) is 10.8 Å². The van der Waals surface area contributed by atoms with Crippen LogP contribution < -0.4 is 9.47 Å². The van der Waals surface area contributed by atoms with E-state index < -0.39 is 0 Å². The first-order valence-electron chi connectivity index (χ1n) is 9.96. The second kappa shape index (κ2) is 5.85. The van der Waals surface area contributed by atoms with Gasteiger partial charge >= 0.3 is 0 Å². The number of Topliss-reactive ketones (excluding diaryl/α,β-unsaturated/α-hetero) is 1. The number of carbonyl (C=O) groups is 1. The van der Waals surface area contributed by atoms with E-state index in [9.17, 15) is 4.79 Å². The molecule has 2 spiro atoms. The number of hydrogen-bond donors (Lipinski definition) is 0. The average molecular weight is 362 g/mol. The molecule has 4 atom stereocenters. The molecule has 3 heteroatoms. The summed E-state index contributed by atoms with van der Waals surface area (Å²) in [5.41, 5.74) is 2.38. The van der Waals surface area contributed by atoms with Crippen LogP contribution in [-0.2, 0) is 4.79 Å². The van der Waals surface area contributed by atoms with Crippen LogP contribution in [0.25, 0.3) is 0 Å². The Morgan fingerprint density at radius 1 is 0.741 bits per heavy atom. The van der Waals surface area contributed by atoms with Gasteiger partial charge in [-0.25, -0.2) is 0 Å². The fourth-order valence-corrected chi connectivity index (χ4v) is 5.65. The van der Waals surface area contributed by atoms with Gasteiger partial charge in [0, 0.05) is 10.8 Å². The molecule has 3 aliphatic carbocycles. The Balaban J connectivity index is 1.37. The van der Waals surface area contributed by atoms with Crippen LogP contribution in [0, 0.1) is 10.8 Å². The van der Waals surface area contributed by atoms with Gasteiger partial charge in [-0.2, -0.15) is 0 Å². The van der Waals surface area contributed by atoms with Crippen molar-refractivity contribution in [2.45, 2.75) is 43.9 Å². The second-order valence-corrected chi connectivity index (χ2v) is 8.55. The lowest BCUT2D eigenvalue weighted by Crippen LogP contribution is -2.33. The minimum atomic E-state index is -0.103. The number of ether oxygens (including phenoxy) is 2. The van der Waals surface area contributed by atoms with Gasteiger partial charge in [-0.15, -0.1) is 0 Å². The van der Waals surface area contributed by atoms with Crippen LogP contribution in [0.3, 0.4) is 0 Å². The highest BCUT2D eigenvalue weighted by molar-refractivity contribution is 5.98. The summed E-state index contributed by atoms with van der Waals surface area (Å²) in [5, 5.41) is 0. The molecule has 0 unspecified atom stereocenters. The van der Waals surface area contributed by atoms with Crippen LogP contribution in [-0.4, -0.2) is 20.0 Å². The van der Waals surface area contributed by atoms with Crippen molar-refractivity contribution in [3.8, 4) is 11.5 Å². The Bertz CT molecular complexity index is 798. The molecule has 140 valence electrons. The van der Waals surface area contributed by atoms with Gasteiger partial charge in [-0.1, -0.05) is 30.7 Å².